The monoisotopic (exact) mass is 306 g/mol. The van der Waals surface area contributed by atoms with Crippen LogP contribution in [-0.2, 0) is 0 Å². The van der Waals surface area contributed by atoms with E-state index in [1.807, 2.05) is 0 Å². The van der Waals surface area contributed by atoms with E-state index >= 15 is 0 Å². The standard InChI is InChI=1S/C11H6N4O5S/c16-14-6-2-1-3-9(14)21-8-5-4-7(19-15(17)18)10-11(8)13-20-12-10/h1-6H. The predicted molar refractivity (Wildman–Crippen MR) is 69.0 cm³/mol. The van der Waals surface area contributed by atoms with E-state index in [0.717, 1.165) is 11.8 Å². The summed E-state index contributed by atoms with van der Waals surface area (Å²) in [5.41, 5.74) is 0.397. The molecule has 21 heavy (non-hydrogen) atoms. The summed E-state index contributed by atoms with van der Waals surface area (Å²) < 4.78 is 5.29. The maximum Gasteiger partial charge on any atom is 0.299 e. The predicted octanol–water partition coefficient (Wildman–Crippen LogP) is 1.58. The average Bonchev–Trinajstić information content (AvgIpc) is 2.93. The first-order chi connectivity index (χ1) is 10.1. The maximum absolute atomic E-state index is 11.6. The fraction of sp³-hybridized carbons (Fsp3) is 0. The van der Waals surface area contributed by atoms with Gasteiger partial charge in [0.1, 0.15) is 0 Å². The van der Waals surface area contributed by atoms with Gasteiger partial charge in [0.05, 0.1) is 0 Å². The molecule has 0 saturated carbocycles. The van der Waals surface area contributed by atoms with Crippen LogP contribution in [0.3, 0.4) is 0 Å². The Morgan fingerprint density at radius 1 is 1.24 bits per heavy atom. The van der Waals surface area contributed by atoms with Gasteiger partial charge in [0, 0.05) is 17.0 Å². The van der Waals surface area contributed by atoms with Crippen LogP contribution in [0, 0.1) is 15.3 Å². The second kappa shape index (κ2) is 5.25. The summed E-state index contributed by atoms with van der Waals surface area (Å²) in [5.74, 6) is -0.0799. The minimum absolute atomic E-state index is 0.0799. The second-order valence-electron chi connectivity index (χ2n) is 3.80. The molecule has 0 unspecified atom stereocenters. The molecule has 0 aliphatic rings. The molecule has 0 saturated heterocycles. The third-order valence-electron chi connectivity index (χ3n) is 2.52. The molecule has 0 aliphatic carbocycles. The normalized spacial score (nSPS) is 10.7. The van der Waals surface area contributed by atoms with Gasteiger partial charge in [0.15, 0.2) is 23.0 Å². The molecule has 0 atom stereocenters. The molecule has 2 aromatic heterocycles. The van der Waals surface area contributed by atoms with Gasteiger partial charge >= 0.3 is 0 Å². The van der Waals surface area contributed by atoms with E-state index in [2.05, 4.69) is 19.8 Å². The maximum atomic E-state index is 11.6. The lowest BCUT2D eigenvalue weighted by Gasteiger charge is -2.04. The van der Waals surface area contributed by atoms with E-state index in [1.54, 1.807) is 24.3 Å². The first-order valence-electron chi connectivity index (χ1n) is 5.59. The zero-order chi connectivity index (χ0) is 14.8. The van der Waals surface area contributed by atoms with Gasteiger partial charge in [0.2, 0.25) is 0 Å². The Morgan fingerprint density at radius 2 is 2.05 bits per heavy atom. The molecule has 0 spiro atoms. The van der Waals surface area contributed by atoms with Crippen LogP contribution in [0.5, 0.6) is 5.75 Å². The minimum atomic E-state index is -0.945. The molecule has 0 aliphatic heterocycles. The first kappa shape index (κ1) is 13.1. The number of aromatic nitrogens is 3. The lowest BCUT2D eigenvalue weighted by Crippen LogP contribution is -2.27. The Bertz CT molecular complexity index is 821. The fourth-order valence-corrected chi connectivity index (χ4v) is 2.55. The van der Waals surface area contributed by atoms with Crippen LogP contribution >= 0.6 is 11.8 Å². The summed E-state index contributed by atoms with van der Waals surface area (Å²) in [6, 6.07) is 7.88. The van der Waals surface area contributed by atoms with Crippen LogP contribution in [0.4, 0.5) is 0 Å². The molecule has 2 heterocycles. The minimum Gasteiger partial charge on any atom is -0.618 e. The second-order valence-corrected chi connectivity index (χ2v) is 4.87. The Balaban J connectivity index is 2.03. The molecular weight excluding hydrogens is 300 g/mol. The van der Waals surface area contributed by atoms with Gasteiger partial charge in [-0.25, -0.2) is 4.63 Å². The Morgan fingerprint density at radius 3 is 2.81 bits per heavy atom. The summed E-state index contributed by atoms with van der Waals surface area (Å²) >= 11 is 1.14. The van der Waals surface area contributed by atoms with Crippen molar-refractivity contribution in [2.75, 3.05) is 0 Å². The van der Waals surface area contributed by atoms with Crippen molar-refractivity contribution in [2.45, 2.75) is 9.92 Å². The van der Waals surface area contributed by atoms with Gasteiger partial charge in [-0.1, -0.05) is 0 Å². The van der Waals surface area contributed by atoms with Crippen LogP contribution < -0.4 is 9.57 Å². The van der Waals surface area contributed by atoms with Crippen molar-refractivity contribution in [3.05, 3.63) is 51.9 Å². The highest BCUT2D eigenvalue weighted by Crippen LogP contribution is 2.34. The highest BCUT2D eigenvalue weighted by Gasteiger charge is 2.17. The molecule has 0 radical (unpaired) electrons. The van der Waals surface area contributed by atoms with Crippen molar-refractivity contribution < 1.29 is 19.3 Å². The van der Waals surface area contributed by atoms with Gasteiger partial charge in [-0.3, -0.25) is 4.84 Å². The van der Waals surface area contributed by atoms with Crippen LogP contribution in [0.1, 0.15) is 0 Å². The number of pyridine rings is 1. The van der Waals surface area contributed by atoms with Gasteiger partial charge in [-0.15, -0.1) is 10.1 Å². The lowest BCUT2D eigenvalue weighted by atomic mass is 10.3. The van der Waals surface area contributed by atoms with E-state index in [1.165, 1.54) is 12.3 Å². The van der Waals surface area contributed by atoms with Crippen LogP contribution in [0.25, 0.3) is 11.0 Å². The Kier molecular flexibility index (Phi) is 3.28. The zero-order valence-corrected chi connectivity index (χ0v) is 11.0. The quantitative estimate of drug-likeness (QED) is 0.308. The van der Waals surface area contributed by atoms with Crippen molar-refractivity contribution >= 4 is 22.8 Å². The van der Waals surface area contributed by atoms with Crippen molar-refractivity contribution in [3.63, 3.8) is 0 Å². The zero-order valence-electron chi connectivity index (χ0n) is 10.2. The smallest absolute Gasteiger partial charge is 0.299 e. The number of hydrogen-bond acceptors (Lipinski definition) is 8. The van der Waals surface area contributed by atoms with E-state index in [9.17, 15) is 15.3 Å². The van der Waals surface area contributed by atoms with E-state index in [4.69, 9.17) is 0 Å². The fourth-order valence-electron chi connectivity index (χ4n) is 1.66. The number of fused-ring (bicyclic) bond motifs is 1. The van der Waals surface area contributed by atoms with Crippen molar-refractivity contribution in [2.24, 2.45) is 0 Å². The number of rotatable bonds is 4. The molecule has 0 bridgehead atoms. The molecule has 0 fully saturated rings. The molecule has 10 heteroatoms. The number of benzene rings is 1. The summed E-state index contributed by atoms with van der Waals surface area (Å²) in [6.07, 6.45) is 1.37. The largest absolute Gasteiger partial charge is 0.618 e. The SMILES string of the molecule is O=[N+]([O-])Oc1ccc(Sc2cccc[n+]2[O-])c2nonc12. The van der Waals surface area contributed by atoms with Crippen molar-refractivity contribution in [3.8, 4) is 5.75 Å². The third kappa shape index (κ3) is 2.56. The first-order valence-corrected chi connectivity index (χ1v) is 6.40. The lowest BCUT2D eigenvalue weighted by molar-refractivity contribution is -0.710. The molecule has 0 N–H and O–H groups in total. The highest BCUT2D eigenvalue weighted by molar-refractivity contribution is 7.99. The van der Waals surface area contributed by atoms with Crippen molar-refractivity contribution in [1.82, 2.24) is 10.3 Å². The van der Waals surface area contributed by atoms with Gasteiger partial charge in [-0.2, -0.15) is 4.73 Å². The van der Waals surface area contributed by atoms with E-state index < -0.39 is 5.09 Å². The molecule has 1 aromatic carbocycles. The third-order valence-corrected chi connectivity index (χ3v) is 3.59. The summed E-state index contributed by atoms with van der Waals surface area (Å²) in [6.45, 7) is 0. The molecule has 106 valence electrons. The van der Waals surface area contributed by atoms with Crippen molar-refractivity contribution in [1.29, 1.82) is 0 Å². The topological polar surface area (TPSA) is 118 Å². The Hall–Kier alpha value is -2.88. The number of hydrogen-bond donors (Lipinski definition) is 0. The Labute approximate surface area is 120 Å². The summed E-state index contributed by atoms with van der Waals surface area (Å²) in [4.78, 5) is 15.4. The molecule has 3 rings (SSSR count). The van der Waals surface area contributed by atoms with E-state index in [-0.39, 0.29) is 16.8 Å². The summed E-state index contributed by atoms with van der Waals surface area (Å²) in [5, 5.41) is 28.8. The molecule has 3 aromatic rings. The van der Waals surface area contributed by atoms with Gasteiger partial charge < -0.3 is 5.21 Å². The average molecular weight is 306 g/mol. The van der Waals surface area contributed by atoms with Gasteiger partial charge in [-0.05, 0) is 40.3 Å². The van der Waals surface area contributed by atoms with Gasteiger partial charge in [0.25, 0.3) is 10.1 Å². The van der Waals surface area contributed by atoms with Crippen LogP contribution in [0.2, 0.25) is 0 Å². The summed E-state index contributed by atoms with van der Waals surface area (Å²) in [7, 11) is 0. The molecule has 9 nitrogen and oxygen atoms in total. The van der Waals surface area contributed by atoms with Crippen LogP contribution in [-0.4, -0.2) is 15.4 Å². The van der Waals surface area contributed by atoms with Crippen LogP contribution in [0.15, 0.2) is 51.1 Å². The number of nitrogens with zero attached hydrogens (tertiary/aromatic N) is 4. The molecular formula is C11H6N4O5S. The van der Waals surface area contributed by atoms with E-state index in [0.29, 0.717) is 14.7 Å². The molecule has 0 amide bonds. The highest BCUT2D eigenvalue weighted by atomic mass is 32.2.